The van der Waals surface area contributed by atoms with Crippen molar-refractivity contribution in [3.8, 4) is 0 Å². The van der Waals surface area contributed by atoms with Gasteiger partial charge >= 0.3 is 0 Å². The Kier molecular flexibility index (Phi) is 3.69. The topological polar surface area (TPSA) is 94.1 Å². The number of hydrogen-bond donors (Lipinski definition) is 1. The SMILES string of the molecule is CC(C)c1csc(C(=O)N2CCn3c(C(N)=O)cnc3C2)n1. The van der Waals surface area contributed by atoms with E-state index >= 15 is 0 Å². The van der Waals surface area contributed by atoms with Crippen LogP contribution in [0.4, 0.5) is 0 Å². The van der Waals surface area contributed by atoms with Crippen LogP contribution < -0.4 is 5.73 Å². The number of hydrogen-bond acceptors (Lipinski definition) is 5. The Labute approximate surface area is 131 Å². The molecule has 0 saturated carbocycles. The number of carbonyl (C=O) groups is 2. The Bertz CT molecular complexity index is 733. The molecule has 116 valence electrons. The van der Waals surface area contributed by atoms with E-state index in [0.29, 0.717) is 42.1 Å². The van der Waals surface area contributed by atoms with Crippen molar-refractivity contribution in [1.29, 1.82) is 0 Å². The summed E-state index contributed by atoms with van der Waals surface area (Å²) in [6.45, 7) is 5.49. The van der Waals surface area contributed by atoms with E-state index in [0.717, 1.165) is 5.69 Å². The van der Waals surface area contributed by atoms with Gasteiger partial charge < -0.3 is 15.2 Å². The second-order valence-electron chi connectivity index (χ2n) is 5.53. The van der Waals surface area contributed by atoms with Gasteiger partial charge in [0.25, 0.3) is 11.8 Å². The fourth-order valence-corrected chi connectivity index (χ4v) is 3.36. The van der Waals surface area contributed by atoms with Crippen molar-refractivity contribution in [1.82, 2.24) is 19.4 Å². The fraction of sp³-hybridized carbons (Fsp3) is 0.429. The molecule has 2 aromatic rings. The lowest BCUT2D eigenvalue weighted by Crippen LogP contribution is -2.39. The Hall–Kier alpha value is -2.22. The van der Waals surface area contributed by atoms with E-state index < -0.39 is 5.91 Å². The van der Waals surface area contributed by atoms with Gasteiger partial charge in [-0.2, -0.15) is 0 Å². The summed E-state index contributed by atoms with van der Waals surface area (Å²) in [7, 11) is 0. The zero-order chi connectivity index (χ0) is 15.9. The summed E-state index contributed by atoms with van der Waals surface area (Å²) in [5.41, 5.74) is 6.63. The van der Waals surface area contributed by atoms with E-state index in [-0.39, 0.29) is 5.91 Å². The summed E-state index contributed by atoms with van der Waals surface area (Å²) < 4.78 is 1.77. The lowest BCUT2D eigenvalue weighted by atomic mass is 10.2. The zero-order valence-corrected chi connectivity index (χ0v) is 13.3. The molecule has 2 amide bonds. The largest absolute Gasteiger partial charge is 0.364 e. The summed E-state index contributed by atoms with van der Waals surface area (Å²) in [6, 6.07) is 0. The number of nitrogens with two attached hydrogens (primary N) is 1. The minimum Gasteiger partial charge on any atom is -0.364 e. The number of fused-ring (bicyclic) bond motifs is 1. The minimum absolute atomic E-state index is 0.0909. The first-order chi connectivity index (χ1) is 10.5. The molecule has 22 heavy (non-hydrogen) atoms. The first-order valence-corrected chi connectivity index (χ1v) is 7.94. The maximum absolute atomic E-state index is 12.5. The molecule has 8 heteroatoms. The lowest BCUT2D eigenvalue weighted by Gasteiger charge is -2.27. The van der Waals surface area contributed by atoms with Crippen LogP contribution in [0.5, 0.6) is 0 Å². The molecule has 2 aromatic heterocycles. The molecule has 0 aromatic carbocycles. The summed E-state index contributed by atoms with van der Waals surface area (Å²) in [4.78, 5) is 34.1. The van der Waals surface area contributed by atoms with Gasteiger partial charge in [0.1, 0.15) is 11.5 Å². The van der Waals surface area contributed by atoms with Crippen LogP contribution in [0.1, 0.15) is 51.6 Å². The van der Waals surface area contributed by atoms with Crippen LogP contribution in [0.2, 0.25) is 0 Å². The third-order valence-electron chi connectivity index (χ3n) is 3.70. The van der Waals surface area contributed by atoms with Crippen molar-refractivity contribution in [2.24, 2.45) is 5.73 Å². The summed E-state index contributed by atoms with van der Waals surface area (Å²) in [5, 5.41) is 2.42. The molecule has 7 nitrogen and oxygen atoms in total. The highest BCUT2D eigenvalue weighted by Crippen LogP contribution is 2.21. The quantitative estimate of drug-likeness (QED) is 0.920. The second-order valence-corrected chi connectivity index (χ2v) is 6.39. The number of rotatable bonds is 3. The van der Waals surface area contributed by atoms with E-state index in [1.165, 1.54) is 17.5 Å². The van der Waals surface area contributed by atoms with Crippen LogP contribution in [0, 0.1) is 0 Å². The van der Waals surface area contributed by atoms with E-state index in [2.05, 4.69) is 9.97 Å². The van der Waals surface area contributed by atoms with E-state index in [9.17, 15) is 9.59 Å². The molecule has 0 aliphatic carbocycles. The highest BCUT2D eigenvalue weighted by molar-refractivity contribution is 7.11. The van der Waals surface area contributed by atoms with Crippen LogP contribution in [-0.4, -0.2) is 37.8 Å². The molecule has 3 rings (SSSR count). The Morgan fingerprint density at radius 3 is 2.77 bits per heavy atom. The van der Waals surface area contributed by atoms with Crippen LogP contribution >= 0.6 is 11.3 Å². The summed E-state index contributed by atoms with van der Waals surface area (Å²) in [5.74, 6) is 0.386. The molecule has 1 aliphatic heterocycles. The number of nitrogens with zero attached hydrogens (tertiary/aromatic N) is 4. The van der Waals surface area contributed by atoms with Crippen molar-refractivity contribution < 1.29 is 9.59 Å². The van der Waals surface area contributed by atoms with E-state index in [4.69, 9.17) is 5.73 Å². The molecule has 0 atom stereocenters. The third kappa shape index (κ3) is 2.50. The Morgan fingerprint density at radius 2 is 2.14 bits per heavy atom. The van der Waals surface area contributed by atoms with Crippen LogP contribution in [0.25, 0.3) is 0 Å². The third-order valence-corrected chi connectivity index (χ3v) is 4.55. The number of imidazole rings is 1. The van der Waals surface area contributed by atoms with Crippen molar-refractivity contribution in [3.05, 3.63) is 33.8 Å². The first-order valence-electron chi connectivity index (χ1n) is 7.06. The molecule has 1 aliphatic rings. The monoisotopic (exact) mass is 319 g/mol. The molecule has 0 spiro atoms. The van der Waals surface area contributed by atoms with Gasteiger partial charge in [-0.15, -0.1) is 11.3 Å². The number of primary amides is 1. The number of thiazole rings is 1. The molecule has 0 fully saturated rings. The predicted octanol–water partition coefficient (Wildman–Crippen LogP) is 1.22. The van der Waals surface area contributed by atoms with Crippen LogP contribution in [0.15, 0.2) is 11.6 Å². The van der Waals surface area contributed by atoms with Gasteiger partial charge in [-0.3, -0.25) is 9.59 Å². The van der Waals surface area contributed by atoms with Crippen molar-refractivity contribution in [2.45, 2.75) is 32.9 Å². The van der Waals surface area contributed by atoms with Gasteiger partial charge in [0.05, 0.1) is 18.4 Å². The maximum Gasteiger partial charge on any atom is 0.283 e. The molecule has 3 heterocycles. The van der Waals surface area contributed by atoms with Gasteiger partial charge in [-0.1, -0.05) is 13.8 Å². The van der Waals surface area contributed by atoms with Crippen LogP contribution in [-0.2, 0) is 13.1 Å². The van der Waals surface area contributed by atoms with Gasteiger partial charge in [-0.25, -0.2) is 9.97 Å². The lowest BCUT2D eigenvalue weighted by molar-refractivity contribution is 0.0705. The van der Waals surface area contributed by atoms with Gasteiger partial charge in [0.2, 0.25) is 0 Å². The number of carbonyl (C=O) groups excluding carboxylic acids is 2. The normalized spacial score (nSPS) is 14.2. The summed E-state index contributed by atoms with van der Waals surface area (Å²) in [6.07, 6.45) is 1.46. The summed E-state index contributed by atoms with van der Waals surface area (Å²) >= 11 is 1.37. The average molecular weight is 319 g/mol. The number of amides is 2. The fourth-order valence-electron chi connectivity index (χ4n) is 2.42. The molecular formula is C14H17N5O2S. The first kappa shape index (κ1) is 14.7. The molecule has 0 saturated heterocycles. The highest BCUT2D eigenvalue weighted by atomic mass is 32.1. The van der Waals surface area contributed by atoms with Gasteiger partial charge in [-0.05, 0) is 5.92 Å². The molecule has 0 radical (unpaired) electrons. The van der Waals surface area contributed by atoms with Gasteiger partial charge in [0.15, 0.2) is 5.01 Å². The molecule has 2 N–H and O–H groups in total. The highest BCUT2D eigenvalue weighted by Gasteiger charge is 2.27. The maximum atomic E-state index is 12.5. The van der Waals surface area contributed by atoms with E-state index in [1.807, 2.05) is 19.2 Å². The predicted molar refractivity (Wildman–Crippen MR) is 81.7 cm³/mol. The van der Waals surface area contributed by atoms with Crippen molar-refractivity contribution in [3.63, 3.8) is 0 Å². The van der Waals surface area contributed by atoms with E-state index in [1.54, 1.807) is 9.47 Å². The molecule has 0 unspecified atom stereocenters. The molecule has 0 bridgehead atoms. The van der Waals surface area contributed by atoms with Gasteiger partial charge in [0, 0.05) is 18.5 Å². The zero-order valence-electron chi connectivity index (χ0n) is 12.4. The second kappa shape index (κ2) is 5.53. The van der Waals surface area contributed by atoms with Crippen molar-refractivity contribution >= 4 is 23.2 Å². The Balaban J connectivity index is 1.79. The van der Waals surface area contributed by atoms with Crippen LogP contribution in [0.3, 0.4) is 0 Å². The Morgan fingerprint density at radius 1 is 1.36 bits per heavy atom. The standard InChI is InChI=1S/C14H17N5O2S/c1-8(2)9-7-22-13(17-9)14(21)18-3-4-19-10(12(15)20)5-16-11(19)6-18/h5,7-8H,3-4,6H2,1-2H3,(H2,15,20). The smallest absolute Gasteiger partial charge is 0.283 e. The minimum atomic E-state index is -0.500. The number of aromatic nitrogens is 3. The average Bonchev–Trinajstić information content (AvgIpc) is 3.12. The molecular weight excluding hydrogens is 302 g/mol. The van der Waals surface area contributed by atoms with Crippen molar-refractivity contribution in [2.75, 3.05) is 6.54 Å².